The Balaban J connectivity index is -0.0000000206. The van der Waals surface area contributed by atoms with Crippen molar-refractivity contribution in [2.24, 2.45) is 0 Å². The van der Waals surface area contributed by atoms with Gasteiger partial charge in [-0.2, -0.15) is 0 Å². The van der Waals surface area contributed by atoms with Gasteiger partial charge in [-0.25, -0.2) is 0 Å². The predicted molar refractivity (Wildman–Crippen MR) is 94.4 cm³/mol. The molecule has 0 saturated carbocycles. The quantitative estimate of drug-likeness (QED) is 0.146. The molecule has 0 atom stereocenters. The molecule has 0 N–H and O–H groups in total. The first kappa shape index (κ1) is 69.7. The van der Waals surface area contributed by atoms with E-state index in [0.717, 1.165) is 0 Å². The normalized spacial score (nSPS) is 5.49. The first-order chi connectivity index (χ1) is 13.9. The Morgan fingerprint density at radius 3 is 0.257 bits per heavy atom. The van der Waals surface area contributed by atoms with Crippen LogP contribution in [0.25, 0.3) is 0 Å². The van der Waals surface area contributed by atoms with Crippen molar-refractivity contribution < 1.29 is 66.9 Å². The molecule has 192 valence electrons. The molecular formula is CaMgN8O24Zr. The van der Waals surface area contributed by atoms with Crippen LogP contribution in [0, 0.1) is 123 Å². The first-order valence-corrected chi connectivity index (χ1v) is 4.38. The SMILES string of the molecule is O=[N+]([O-])[O-].O=[N+]([O-])[O-].O=[N+]([O-])[O-].O=[N+]([O-])[O-].O=[N+]([O-])[O-].O=[N+]([O-])[O-].O=[N+]([O-])[O-].O=[N+]([O-])[O-].[Ca+2].[Mg+2].[Zr+4]. The molecular weight excluding hydrogens is 652 g/mol. The van der Waals surface area contributed by atoms with E-state index in [9.17, 15) is 0 Å². The fourth-order valence-corrected chi connectivity index (χ4v) is 0. The minimum absolute atomic E-state index is 0. The summed E-state index contributed by atoms with van der Waals surface area (Å²) < 4.78 is 0. The molecule has 0 aliphatic rings. The van der Waals surface area contributed by atoms with Crippen molar-refractivity contribution in [3.05, 3.63) is 123 Å². The molecule has 0 aromatic rings. The minimum Gasteiger partial charge on any atom is -0.356 e. The monoisotopic (exact) mass is 650 g/mol. The fraction of sp³-hybridized carbons (Fsp3) is 0. The number of hydrogen-bond donors (Lipinski definition) is 0. The fourth-order valence-electron chi connectivity index (χ4n) is 0. The summed E-state index contributed by atoms with van der Waals surface area (Å²) in [6.07, 6.45) is 0. The van der Waals surface area contributed by atoms with Crippen molar-refractivity contribution in [2.75, 3.05) is 0 Å². The van der Waals surface area contributed by atoms with E-state index in [4.69, 9.17) is 123 Å². The van der Waals surface area contributed by atoms with E-state index in [1.54, 1.807) is 0 Å². The maximum atomic E-state index is 8.25. The summed E-state index contributed by atoms with van der Waals surface area (Å²) in [6, 6.07) is 0. The van der Waals surface area contributed by atoms with Gasteiger partial charge in [0.05, 0.1) is 40.7 Å². The second-order valence-electron chi connectivity index (χ2n) is 1.79. The van der Waals surface area contributed by atoms with Crippen molar-refractivity contribution in [3.8, 4) is 0 Å². The Bertz CT molecular complexity index is 374. The molecule has 0 aliphatic heterocycles. The van der Waals surface area contributed by atoms with Crippen LogP contribution in [0.2, 0.25) is 0 Å². The average molecular weight is 652 g/mol. The van der Waals surface area contributed by atoms with Gasteiger partial charge in [-0.05, 0) is 0 Å². The van der Waals surface area contributed by atoms with Crippen LogP contribution in [0.5, 0.6) is 0 Å². The van der Waals surface area contributed by atoms with Crippen molar-refractivity contribution in [1.29, 1.82) is 0 Å². The van der Waals surface area contributed by atoms with E-state index in [1.165, 1.54) is 0 Å². The molecule has 0 radical (unpaired) electrons. The summed E-state index contributed by atoms with van der Waals surface area (Å²) in [7, 11) is 0. The number of nitrogens with zero attached hydrogens (tertiary/aromatic N) is 8. The Hall–Kier alpha value is -3.49. The molecule has 32 nitrogen and oxygen atoms in total. The molecule has 0 aromatic heterocycles. The number of hydrogen-bond acceptors (Lipinski definition) is 24. The molecule has 35 heavy (non-hydrogen) atoms. The molecule has 0 heterocycles. The molecule has 0 bridgehead atoms. The molecule has 0 unspecified atom stereocenters. The summed E-state index contributed by atoms with van der Waals surface area (Å²) in [6.45, 7) is 0. The second-order valence-corrected chi connectivity index (χ2v) is 1.79. The maximum absolute atomic E-state index is 8.25. The smallest absolute Gasteiger partial charge is 0.356 e. The van der Waals surface area contributed by atoms with E-state index < -0.39 is 40.7 Å². The zero-order valence-corrected chi connectivity index (χ0v) is 21.4. The van der Waals surface area contributed by atoms with Crippen molar-refractivity contribution in [1.82, 2.24) is 0 Å². The van der Waals surface area contributed by atoms with Gasteiger partial charge in [0.25, 0.3) is 0 Å². The van der Waals surface area contributed by atoms with E-state index in [-0.39, 0.29) is 87.0 Å². The van der Waals surface area contributed by atoms with Crippen LogP contribution >= 0.6 is 0 Å². The van der Waals surface area contributed by atoms with Crippen LogP contribution in [-0.4, -0.2) is 101 Å². The van der Waals surface area contributed by atoms with Gasteiger partial charge in [0.1, 0.15) is 0 Å². The van der Waals surface area contributed by atoms with Crippen LogP contribution in [-0.2, 0) is 26.2 Å². The molecule has 0 rings (SSSR count). The number of rotatable bonds is 0. The van der Waals surface area contributed by atoms with Crippen molar-refractivity contribution in [3.63, 3.8) is 0 Å². The summed E-state index contributed by atoms with van der Waals surface area (Å²) in [4.78, 5) is 66.0. The summed E-state index contributed by atoms with van der Waals surface area (Å²) in [5, 5.41) is 118. The molecule has 0 fully saturated rings. The van der Waals surface area contributed by atoms with Gasteiger partial charge >= 0.3 is 87.0 Å². The largest absolute Gasteiger partial charge is 4.00 e. The molecule has 35 heteroatoms. The topological polar surface area (TPSA) is 530 Å². The minimum atomic E-state index is -1.75. The van der Waals surface area contributed by atoms with Gasteiger partial charge in [-0.15, -0.1) is 0 Å². The molecule has 0 aliphatic carbocycles. The van der Waals surface area contributed by atoms with E-state index >= 15 is 0 Å². The molecule has 0 spiro atoms. The third kappa shape index (κ3) is 2030. The van der Waals surface area contributed by atoms with Crippen LogP contribution in [0.1, 0.15) is 0 Å². The van der Waals surface area contributed by atoms with Gasteiger partial charge < -0.3 is 123 Å². The maximum Gasteiger partial charge on any atom is 4.00 e. The zero-order valence-electron chi connectivity index (χ0n) is 15.3. The van der Waals surface area contributed by atoms with E-state index in [2.05, 4.69) is 0 Å². The van der Waals surface area contributed by atoms with Crippen molar-refractivity contribution >= 4 is 60.8 Å². The molecule has 0 aromatic carbocycles. The summed E-state index contributed by atoms with van der Waals surface area (Å²) in [5.74, 6) is 0. The van der Waals surface area contributed by atoms with Crippen LogP contribution < -0.4 is 0 Å². The third-order valence-electron chi connectivity index (χ3n) is 0. The van der Waals surface area contributed by atoms with Gasteiger partial charge in [0.15, 0.2) is 0 Å². The first-order valence-electron chi connectivity index (χ1n) is 4.38. The van der Waals surface area contributed by atoms with Gasteiger partial charge in [-0.3, -0.25) is 0 Å². The Kier molecular flexibility index (Phi) is 126. The summed E-state index contributed by atoms with van der Waals surface area (Å²) >= 11 is 0. The van der Waals surface area contributed by atoms with Gasteiger partial charge in [-0.1, -0.05) is 0 Å². The van der Waals surface area contributed by atoms with E-state index in [0.29, 0.717) is 0 Å². The summed E-state index contributed by atoms with van der Waals surface area (Å²) in [5.41, 5.74) is 0. The Morgan fingerprint density at radius 1 is 0.257 bits per heavy atom. The third-order valence-corrected chi connectivity index (χ3v) is 0. The Labute approximate surface area is 248 Å². The van der Waals surface area contributed by atoms with E-state index in [1.807, 2.05) is 0 Å². The molecule has 0 saturated heterocycles. The van der Waals surface area contributed by atoms with Gasteiger partial charge in [0.2, 0.25) is 0 Å². The van der Waals surface area contributed by atoms with Crippen LogP contribution in [0.4, 0.5) is 0 Å². The average Bonchev–Trinajstić information content (AvgIpc) is 2.30. The standard InChI is InChI=1S/Ca.Mg.8NO3.Zr/c;;8*2-1(3)4;/q2*+2;8*-1;+4. The van der Waals surface area contributed by atoms with Gasteiger partial charge in [0, 0.05) is 0 Å². The second kappa shape index (κ2) is 63.2. The zero-order chi connectivity index (χ0) is 28.6. The predicted octanol–water partition coefficient (Wildman–Crippen LogP) is -2.68. The molecule has 0 amide bonds. The Morgan fingerprint density at radius 2 is 0.257 bits per heavy atom. The van der Waals surface area contributed by atoms with Crippen LogP contribution in [0.15, 0.2) is 0 Å². The van der Waals surface area contributed by atoms with Crippen molar-refractivity contribution in [2.45, 2.75) is 0 Å². The van der Waals surface area contributed by atoms with Crippen LogP contribution in [0.3, 0.4) is 0 Å².